The summed E-state index contributed by atoms with van der Waals surface area (Å²) in [5, 5.41) is 3.63. The summed E-state index contributed by atoms with van der Waals surface area (Å²) in [5.41, 5.74) is 15.6. The summed E-state index contributed by atoms with van der Waals surface area (Å²) in [4.78, 5) is 5.24. The van der Waals surface area contributed by atoms with E-state index in [0.29, 0.717) is 12.5 Å². The zero-order valence-electron chi connectivity index (χ0n) is 20.0. The van der Waals surface area contributed by atoms with Gasteiger partial charge in [-0.3, -0.25) is 0 Å². The van der Waals surface area contributed by atoms with Gasteiger partial charge in [0, 0.05) is 55.5 Å². The van der Waals surface area contributed by atoms with Crippen LogP contribution >= 0.6 is 0 Å². The summed E-state index contributed by atoms with van der Waals surface area (Å²) < 4.78 is 0. The van der Waals surface area contributed by atoms with E-state index < -0.39 is 0 Å². The number of nitrogens with one attached hydrogen (secondary N) is 1. The predicted molar refractivity (Wildman–Crippen MR) is 136 cm³/mol. The van der Waals surface area contributed by atoms with Crippen LogP contribution in [0.15, 0.2) is 54.9 Å². The molecule has 2 aliphatic rings. The van der Waals surface area contributed by atoms with Gasteiger partial charge >= 0.3 is 0 Å². The van der Waals surface area contributed by atoms with Gasteiger partial charge in [-0.05, 0) is 70.1 Å². The minimum atomic E-state index is 0.233. The molecule has 0 bridgehead atoms. The summed E-state index contributed by atoms with van der Waals surface area (Å²) in [6.07, 6.45) is 8.27. The van der Waals surface area contributed by atoms with Crippen molar-refractivity contribution in [3.8, 4) is 0 Å². The van der Waals surface area contributed by atoms with Crippen molar-refractivity contribution in [1.82, 2.24) is 15.1 Å². The molecule has 1 aromatic carbocycles. The molecule has 2 saturated heterocycles. The minimum absolute atomic E-state index is 0.233. The Bertz CT molecular complexity index is 689. The van der Waals surface area contributed by atoms with E-state index in [1.807, 2.05) is 0 Å². The molecule has 5 nitrogen and oxygen atoms in total. The summed E-state index contributed by atoms with van der Waals surface area (Å²) in [5.74, 6) is 0.616. The van der Waals surface area contributed by atoms with E-state index in [1.54, 1.807) is 0 Å². The largest absolute Gasteiger partial charge is 0.388 e. The molecule has 0 amide bonds. The Balaban J connectivity index is 1.51. The first kappa shape index (κ1) is 24.8. The monoisotopic (exact) mass is 439 g/mol. The van der Waals surface area contributed by atoms with Gasteiger partial charge in [0.1, 0.15) is 0 Å². The molecule has 1 aromatic rings. The van der Waals surface area contributed by atoms with Crippen LogP contribution in [0, 0.1) is 11.8 Å². The maximum Gasteiger partial charge on any atom is 0.0226 e. The molecule has 3 rings (SSSR count). The Morgan fingerprint density at radius 3 is 2.31 bits per heavy atom. The third kappa shape index (κ3) is 7.09. The van der Waals surface area contributed by atoms with E-state index in [1.165, 1.54) is 50.0 Å². The average molecular weight is 440 g/mol. The first-order valence-corrected chi connectivity index (χ1v) is 12.7. The molecule has 2 fully saturated rings. The van der Waals surface area contributed by atoms with Crippen molar-refractivity contribution in [2.45, 2.75) is 51.0 Å². The molecule has 32 heavy (non-hydrogen) atoms. The van der Waals surface area contributed by atoms with E-state index in [0.717, 1.165) is 57.2 Å². The number of likely N-dealkylation sites (tertiary alicyclic amines) is 2. The average Bonchev–Trinajstić information content (AvgIpc) is 3.38. The zero-order chi connectivity index (χ0) is 22.8. The lowest BCUT2D eigenvalue weighted by Crippen LogP contribution is -2.45. The molecule has 5 heteroatoms. The van der Waals surface area contributed by atoms with Crippen molar-refractivity contribution in [2.24, 2.45) is 23.3 Å². The maximum atomic E-state index is 6.10. The number of rotatable bonds is 13. The Labute approximate surface area is 195 Å². The highest BCUT2D eigenvalue weighted by Crippen LogP contribution is 2.27. The highest BCUT2D eigenvalue weighted by atomic mass is 15.2. The molecule has 178 valence electrons. The third-order valence-corrected chi connectivity index (χ3v) is 7.43. The first-order chi connectivity index (χ1) is 15.6. The van der Waals surface area contributed by atoms with Crippen LogP contribution in [0.1, 0.15) is 44.1 Å². The molecule has 2 aliphatic heterocycles. The lowest BCUT2D eigenvalue weighted by molar-refractivity contribution is 0.139. The van der Waals surface area contributed by atoms with Gasteiger partial charge in [0.15, 0.2) is 0 Å². The second-order valence-corrected chi connectivity index (χ2v) is 9.61. The number of hydrogen-bond acceptors (Lipinski definition) is 5. The van der Waals surface area contributed by atoms with E-state index in [9.17, 15) is 0 Å². The SMILES string of the molecule is C=C(NCC(CCCN)C(=C)N1CCC(N2CCCC2)CC1)C(CN)Cc1ccccc1. The fourth-order valence-corrected chi connectivity index (χ4v) is 5.28. The van der Waals surface area contributed by atoms with Gasteiger partial charge in [-0.2, -0.15) is 0 Å². The lowest BCUT2D eigenvalue weighted by atomic mass is 9.94. The minimum Gasteiger partial charge on any atom is -0.388 e. The molecule has 2 atom stereocenters. The lowest BCUT2D eigenvalue weighted by Gasteiger charge is -2.40. The molecule has 2 heterocycles. The normalized spacial score (nSPS) is 19.6. The molecular formula is C27H45N5. The fraction of sp³-hybridized carbons (Fsp3) is 0.630. The van der Waals surface area contributed by atoms with Crippen molar-refractivity contribution < 1.29 is 0 Å². The van der Waals surface area contributed by atoms with Gasteiger partial charge in [-0.15, -0.1) is 0 Å². The van der Waals surface area contributed by atoms with Crippen LogP contribution in [-0.4, -0.2) is 61.7 Å². The van der Waals surface area contributed by atoms with Gasteiger partial charge in [0.25, 0.3) is 0 Å². The van der Waals surface area contributed by atoms with Crippen molar-refractivity contribution in [1.29, 1.82) is 0 Å². The molecule has 0 aliphatic carbocycles. The Morgan fingerprint density at radius 1 is 1.00 bits per heavy atom. The third-order valence-electron chi connectivity index (χ3n) is 7.43. The summed E-state index contributed by atoms with van der Waals surface area (Å²) >= 11 is 0. The Hall–Kier alpha value is -1.82. The molecule has 2 unspecified atom stereocenters. The second-order valence-electron chi connectivity index (χ2n) is 9.61. The quantitative estimate of drug-likeness (QED) is 0.440. The van der Waals surface area contributed by atoms with Crippen LogP contribution in [0.4, 0.5) is 0 Å². The number of benzene rings is 1. The summed E-state index contributed by atoms with van der Waals surface area (Å²) in [6.45, 7) is 15.9. The van der Waals surface area contributed by atoms with Crippen LogP contribution in [0.25, 0.3) is 0 Å². The molecule has 0 spiro atoms. The summed E-state index contributed by atoms with van der Waals surface area (Å²) in [6, 6.07) is 11.3. The number of hydrogen-bond donors (Lipinski definition) is 3. The topological polar surface area (TPSA) is 70.5 Å². The predicted octanol–water partition coefficient (Wildman–Crippen LogP) is 3.34. The van der Waals surface area contributed by atoms with Gasteiger partial charge in [-0.1, -0.05) is 43.5 Å². The van der Waals surface area contributed by atoms with Gasteiger partial charge in [-0.25, -0.2) is 0 Å². The highest BCUT2D eigenvalue weighted by Gasteiger charge is 2.28. The van der Waals surface area contributed by atoms with Gasteiger partial charge < -0.3 is 26.6 Å². The van der Waals surface area contributed by atoms with Gasteiger partial charge in [0.05, 0.1) is 0 Å². The second kappa shape index (κ2) is 13.0. The van der Waals surface area contributed by atoms with E-state index in [-0.39, 0.29) is 5.92 Å². The standard InChI is InChI=1S/C27H45N5/c1-22(26(20-29)19-24-9-4-3-5-10-24)30-21-25(11-8-14-28)23(2)31-17-12-27(13-18-31)32-15-6-7-16-32/h3-5,9-10,25-27,30H,1-2,6-8,11-21,28-29H2. The van der Waals surface area contributed by atoms with Crippen molar-refractivity contribution in [3.63, 3.8) is 0 Å². The van der Waals surface area contributed by atoms with Crippen LogP contribution in [0.5, 0.6) is 0 Å². The van der Waals surface area contributed by atoms with Crippen molar-refractivity contribution in [2.75, 3.05) is 45.8 Å². The van der Waals surface area contributed by atoms with Crippen LogP contribution in [0.3, 0.4) is 0 Å². The van der Waals surface area contributed by atoms with E-state index in [2.05, 4.69) is 58.6 Å². The van der Waals surface area contributed by atoms with Crippen LogP contribution in [-0.2, 0) is 6.42 Å². The van der Waals surface area contributed by atoms with Gasteiger partial charge in [0.2, 0.25) is 0 Å². The van der Waals surface area contributed by atoms with E-state index in [4.69, 9.17) is 11.5 Å². The zero-order valence-corrected chi connectivity index (χ0v) is 20.0. The molecule has 5 N–H and O–H groups in total. The molecule has 0 aromatic heterocycles. The van der Waals surface area contributed by atoms with Crippen LogP contribution in [0.2, 0.25) is 0 Å². The smallest absolute Gasteiger partial charge is 0.0226 e. The number of nitrogens with zero attached hydrogens (tertiary/aromatic N) is 2. The number of piperidine rings is 1. The first-order valence-electron chi connectivity index (χ1n) is 12.7. The fourth-order valence-electron chi connectivity index (χ4n) is 5.28. The highest BCUT2D eigenvalue weighted by molar-refractivity contribution is 5.18. The Kier molecular flexibility index (Phi) is 10.1. The maximum absolute atomic E-state index is 6.10. The van der Waals surface area contributed by atoms with Crippen LogP contribution < -0.4 is 16.8 Å². The summed E-state index contributed by atoms with van der Waals surface area (Å²) in [7, 11) is 0. The molecule has 0 radical (unpaired) electrons. The number of nitrogens with two attached hydrogens (primary N) is 2. The molecular weight excluding hydrogens is 394 g/mol. The van der Waals surface area contributed by atoms with E-state index >= 15 is 0 Å². The van der Waals surface area contributed by atoms with Crippen molar-refractivity contribution in [3.05, 3.63) is 60.4 Å². The van der Waals surface area contributed by atoms with Crippen molar-refractivity contribution >= 4 is 0 Å². The molecule has 0 saturated carbocycles. The Morgan fingerprint density at radius 2 is 1.69 bits per heavy atom.